The van der Waals surface area contributed by atoms with Gasteiger partial charge in [-0.2, -0.15) is 0 Å². The van der Waals surface area contributed by atoms with Gasteiger partial charge in [0.2, 0.25) is 0 Å². The Labute approximate surface area is 122 Å². The lowest BCUT2D eigenvalue weighted by atomic mass is 9.98. The van der Waals surface area contributed by atoms with Crippen LogP contribution in [0.2, 0.25) is 0 Å². The highest BCUT2D eigenvalue weighted by Crippen LogP contribution is 2.33. The summed E-state index contributed by atoms with van der Waals surface area (Å²) in [7, 11) is 0. The fraction of sp³-hybridized carbons (Fsp3) is 0.294. The SMILES string of the molecule is CC(NC1CCOc2ccccc21)c1ccc(F)c(F)c1. The van der Waals surface area contributed by atoms with Crippen LogP contribution in [0.1, 0.15) is 36.6 Å². The van der Waals surface area contributed by atoms with E-state index in [0.717, 1.165) is 23.3 Å². The first kappa shape index (κ1) is 14.0. The van der Waals surface area contributed by atoms with E-state index in [0.29, 0.717) is 6.61 Å². The first-order chi connectivity index (χ1) is 10.1. The lowest BCUT2D eigenvalue weighted by molar-refractivity contribution is 0.246. The molecule has 0 bridgehead atoms. The molecule has 0 radical (unpaired) electrons. The van der Waals surface area contributed by atoms with Gasteiger partial charge >= 0.3 is 0 Å². The van der Waals surface area contributed by atoms with Gasteiger partial charge in [0.15, 0.2) is 11.6 Å². The van der Waals surface area contributed by atoms with Gasteiger partial charge in [-0.15, -0.1) is 0 Å². The maximum atomic E-state index is 13.3. The number of hydrogen-bond acceptors (Lipinski definition) is 2. The predicted octanol–water partition coefficient (Wildman–Crippen LogP) is 4.14. The van der Waals surface area contributed by atoms with Gasteiger partial charge in [0.25, 0.3) is 0 Å². The molecule has 4 heteroatoms. The van der Waals surface area contributed by atoms with Crippen LogP contribution in [0.25, 0.3) is 0 Å². The van der Waals surface area contributed by atoms with Gasteiger partial charge in [0, 0.05) is 24.1 Å². The Morgan fingerprint density at radius 2 is 1.95 bits per heavy atom. The van der Waals surface area contributed by atoms with Crippen molar-refractivity contribution in [1.82, 2.24) is 5.32 Å². The monoisotopic (exact) mass is 289 g/mol. The minimum absolute atomic E-state index is 0.0729. The van der Waals surface area contributed by atoms with Crippen molar-refractivity contribution in [3.63, 3.8) is 0 Å². The number of fused-ring (bicyclic) bond motifs is 1. The molecule has 0 spiro atoms. The smallest absolute Gasteiger partial charge is 0.159 e. The number of rotatable bonds is 3. The Kier molecular flexibility index (Phi) is 3.88. The molecule has 1 heterocycles. The van der Waals surface area contributed by atoms with Crippen molar-refractivity contribution in [2.75, 3.05) is 6.61 Å². The minimum Gasteiger partial charge on any atom is -0.493 e. The summed E-state index contributed by atoms with van der Waals surface area (Å²) in [5.74, 6) is -0.741. The standard InChI is InChI=1S/C17H17F2NO/c1-11(12-6-7-14(18)15(19)10-12)20-16-8-9-21-17-5-3-2-4-13(16)17/h2-7,10-11,16,20H,8-9H2,1H3. The Morgan fingerprint density at radius 3 is 2.76 bits per heavy atom. The van der Waals surface area contributed by atoms with Crippen LogP contribution in [-0.4, -0.2) is 6.61 Å². The molecule has 0 saturated carbocycles. The Balaban J connectivity index is 1.79. The lowest BCUT2D eigenvalue weighted by Crippen LogP contribution is -2.29. The number of para-hydroxylation sites is 1. The predicted molar refractivity (Wildman–Crippen MR) is 77.2 cm³/mol. The van der Waals surface area contributed by atoms with E-state index in [9.17, 15) is 8.78 Å². The Bertz CT molecular complexity index is 644. The zero-order chi connectivity index (χ0) is 14.8. The molecule has 2 unspecified atom stereocenters. The topological polar surface area (TPSA) is 21.3 Å². The summed E-state index contributed by atoms with van der Waals surface area (Å²) in [6, 6.07) is 12.0. The van der Waals surface area contributed by atoms with Crippen molar-refractivity contribution in [3.8, 4) is 5.75 Å². The number of ether oxygens (including phenoxy) is 1. The van der Waals surface area contributed by atoms with Crippen LogP contribution < -0.4 is 10.1 Å². The molecule has 2 aromatic rings. The molecule has 1 N–H and O–H groups in total. The maximum absolute atomic E-state index is 13.3. The first-order valence-electron chi connectivity index (χ1n) is 7.08. The van der Waals surface area contributed by atoms with Crippen LogP contribution in [0.5, 0.6) is 5.75 Å². The van der Waals surface area contributed by atoms with Crippen LogP contribution in [0, 0.1) is 11.6 Å². The molecule has 0 aromatic heterocycles. The van der Waals surface area contributed by atoms with Gasteiger partial charge in [0.05, 0.1) is 6.61 Å². The Morgan fingerprint density at radius 1 is 1.14 bits per heavy atom. The van der Waals surface area contributed by atoms with Crippen LogP contribution >= 0.6 is 0 Å². The molecular weight excluding hydrogens is 272 g/mol. The third-order valence-corrected chi connectivity index (χ3v) is 3.85. The van der Waals surface area contributed by atoms with Gasteiger partial charge in [-0.1, -0.05) is 24.3 Å². The molecule has 0 aliphatic carbocycles. The molecule has 2 atom stereocenters. The number of benzene rings is 2. The van der Waals surface area contributed by atoms with Crippen molar-refractivity contribution < 1.29 is 13.5 Å². The molecule has 0 amide bonds. The molecule has 2 nitrogen and oxygen atoms in total. The van der Waals surface area contributed by atoms with Crippen LogP contribution in [0.3, 0.4) is 0 Å². The van der Waals surface area contributed by atoms with Crippen molar-refractivity contribution in [1.29, 1.82) is 0 Å². The average Bonchev–Trinajstić information content (AvgIpc) is 2.50. The molecule has 110 valence electrons. The van der Waals surface area contributed by atoms with Crippen LogP contribution in [0.15, 0.2) is 42.5 Å². The molecule has 1 aliphatic rings. The van der Waals surface area contributed by atoms with E-state index in [1.807, 2.05) is 31.2 Å². The second-order valence-corrected chi connectivity index (χ2v) is 5.29. The molecule has 21 heavy (non-hydrogen) atoms. The normalized spacial score (nSPS) is 18.7. The fourth-order valence-electron chi connectivity index (χ4n) is 2.69. The fourth-order valence-corrected chi connectivity index (χ4v) is 2.69. The number of nitrogens with one attached hydrogen (secondary N) is 1. The molecule has 0 saturated heterocycles. The van der Waals surface area contributed by atoms with Crippen LogP contribution in [-0.2, 0) is 0 Å². The van der Waals surface area contributed by atoms with E-state index in [-0.39, 0.29) is 12.1 Å². The summed E-state index contributed by atoms with van der Waals surface area (Å²) >= 11 is 0. The zero-order valence-corrected chi connectivity index (χ0v) is 11.8. The number of hydrogen-bond donors (Lipinski definition) is 1. The molecular formula is C17H17F2NO. The van der Waals surface area contributed by atoms with Gasteiger partial charge in [-0.25, -0.2) is 8.78 Å². The maximum Gasteiger partial charge on any atom is 0.159 e. The van der Waals surface area contributed by atoms with E-state index in [2.05, 4.69) is 5.32 Å². The summed E-state index contributed by atoms with van der Waals surface area (Å²) in [4.78, 5) is 0. The third-order valence-electron chi connectivity index (χ3n) is 3.85. The molecule has 2 aromatic carbocycles. The van der Waals surface area contributed by atoms with Gasteiger partial charge in [-0.05, 0) is 30.7 Å². The van der Waals surface area contributed by atoms with Gasteiger partial charge in [-0.3, -0.25) is 0 Å². The van der Waals surface area contributed by atoms with E-state index in [1.54, 1.807) is 6.07 Å². The summed E-state index contributed by atoms with van der Waals surface area (Å²) in [5, 5.41) is 3.47. The average molecular weight is 289 g/mol. The summed E-state index contributed by atoms with van der Waals surface area (Å²) in [6.07, 6.45) is 0.852. The summed E-state index contributed by atoms with van der Waals surface area (Å²) in [5.41, 5.74) is 1.84. The zero-order valence-electron chi connectivity index (χ0n) is 11.8. The third kappa shape index (κ3) is 2.90. The van der Waals surface area contributed by atoms with E-state index < -0.39 is 11.6 Å². The van der Waals surface area contributed by atoms with Crippen molar-refractivity contribution in [2.45, 2.75) is 25.4 Å². The lowest BCUT2D eigenvalue weighted by Gasteiger charge is -2.29. The van der Waals surface area contributed by atoms with E-state index in [4.69, 9.17) is 4.74 Å². The number of halogens is 2. The van der Waals surface area contributed by atoms with Gasteiger partial charge in [0.1, 0.15) is 5.75 Å². The first-order valence-corrected chi connectivity index (χ1v) is 7.08. The van der Waals surface area contributed by atoms with Crippen molar-refractivity contribution in [3.05, 3.63) is 65.2 Å². The van der Waals surface area contributed by atoms with E-state index in [1.165, 1.54) is 12.1 Å². The minimum atomic E-state index is -0.817. The van der Waals surface area contributed by atoms with Crippen LogP contribution in [0.4, 0.5) is 8.78 Å². The highest BCUT2D eigenvalue weighted by atomic mass is 19.2. The summed E-state index contributed by atoms with van der Waals surface area (Å²) < 4.78 is 32.0. The summed E-state index contributed by atoms with van der Waals surface area (Å²) in [6.45, 7) is 2.60. The highest BCUT2D eigenvalue weighted by Gasteiger charge is 2.22. The van der Waals surface area contributed by atoms with Gasteiger partial charge < -0.3 is 10.1 Å². The highest BCUT2D eigenvalue weighted by molar-refractivity contribution is 5.37. The largest absolute Gasteiger partial charge is 0.493 e. The Hall–Kier alpha value is -1.94. The second-order valence-electron chi connectivity index (χ2n) is 5.29. The molecule has 1 aliphatic heterocycles. The molecule has 0 fully saturated rings. The van der Waals surface area contributed by atoms with Crippen molar-refractivity contribution in [2.24, 2.45) is 0 Å². The van der Waals surface area contributed by atoms with Crippen molar-refractivity contribution >= 4 is 0 Å². The second kappa shape index (κ2) is 5.82. The van der Waals surface area contributed by atoms with E-state index >= 15 is 0 Å². The quantitative estimate of drug-likeness (QED) is 0.917. The molecule has 3 rings (SSSR count).